The maximum atomic E-state index is 12.9. The highest BCUT2D eigenvalue weighted by atomic mass is 19.4. The Kier molecular flexibility index (Phi) is 4.39. The van der Waals surface area contributed by atoms with Gasteiger partial charge in [0.2, 0.25) is 0 Å². The number of hydrogen-bond donors (Lipinski definition) is 1. The lowest BCUT2D eigenvalue weighted by Gasteiger charge is -2.34. The molecule has 0 spiro atoms. The van der Waals surface area contributed by atoms with Gasteiger partial charge in [-0.1, -0.05) is 0 Å². The summed E-state index contributed by atoms with van der Waals surface area (Å²) in [5, 5.41) is 9.73. The molecule has 1 amide bonds. The van der Waals surface area contributed by atoms with Gasteiger partial charge in [-0.15, -0.1) is 0 Å². The van der Waals surface area contributed by atoms with Crippen molar-refractivity contribution in [2.24, 2.45) is 0 Å². The summed E-state index contributed by atoms with van der Waals surface area (Å²) in [4.78, 5) is 12.7. The molecule has 0 aliphatic carbocycles. The molecule has 0 bridgehead atoms. The van der Waals surface area contributed by atoms with E-state index in [9.17, 15) is 23.1 Å². The van der Waals surface area contributed by atoms with Gasteiger partial charge in [-0.2, -0.15) is 13.2 Å². The number of carbonyl (C=O) groups is 1. The molecule has 1 rings (SSSR count). The second-order valence-corrected chi connectivity index (χ2v) is 5.89. The van der Waals surface area contributed by atoms with Crippen LogP contribution in [0.4, 0.5) is 18.0 Å². The van der Waals surface area contributed by atoms with Crippen LogP contribution in [0.25, 0.3) is 0 Å². The van der Waals surface area contributed by atoms with Crippen molar-refractivity contribution in [3.8, 4) is 0 Å². The van der Waals surface area contributed by atoms with E-state index in [4.69, 9.17) is 4.74 Å². The molecule has 0 aromatic carbocycles. The molecule has 0 aromatic rings. The number of β-amino-alcohol motifs (C(OH)–C–C–N with tert-alkyl or cyclic N) is 1. The zero-order chi connectivity index (χ0) is 14.9. The molecule has 0 radical (unpaired) electrons. The average Bonchev–Trinajstić information content (AvgIpc) is 2.37. The number of ether oxygens (including phenoxy) is 1. The maximum Gasteiger partial charge on any atom is 0.418 e. The number of hydrogen-bond acceptors (Lipinski definition) is 3. The van der Waals surface area contributed by atoms with Crippen LogP contribution in [0.3, 0.4) is 0 Å². The van der Waals surface area contributed by atoms with Crippen LogP contribution in [0, 0.1) is 0 Å². The van der Waals surface area contributed by atoms with Crippen molar-refractivity contribution >= 4 is 6.09 Å². The highest BCUT2D eigenvalue weighted by Gasteiger charge is 2.55. The van der Waals surface area contributed by atoms with Crippen LogP contribution in [-0.2, 0) is 4.74 Å². The van der Waals surface area contributed by atoms with Crippen molar-refractivity contribution in [3.63, 3.8) is 0 Å². The van der Waals surface area contributed by atoms with Crippen LogP contribution >= 0.6 is 0 Å². The summed E-state index contributed by atoms with van der Waals surface area (Å²) in [6, 6.07) is 0. The third-order valence-electron chi connectivity index (χ3n) is 2.90. The molecule has 0 aromatic heterocycles. The SMILES string of the molecule is CC(C)(C)OC(=O)N1CCCC[C@](O)(C(F)(F)F)C1. The van der Waals surface area contributed by atoms with Crippen molar-refractivity contribution in [3.05, 3.63) is 0 Å². The van der Waals surface area contributed by atoms with Gasteiger partial charge < -0.3 is 14.7 Å². The second-order valence-electron chi connectivity index (χ2n) is 5.89. The van der Waals surface area contributed by atoms with Crippen LogP contribution < -0.4 is 0 Å². The number of aliphatic hydroxyl groups is 1. The Morgan fingerprint density at radius 1 is 1.26 bits per heavy atom. The first-order valence-electron chi connectivity index (χ1n) is 6.22. The molecule has 1 heterocycles. The minimum absolute atomic E-state index is 0.160. The van der Waals surface area contributed by atoms with E-state index in [0.717, 1.165) is 4.90 Å². The van der Waals surface area contributed by atoms with Crippen LogP contribution in [0.1, 0.15) is 40.0 Å². The first-order valence-corrected chi connectivity index (χ1v) is 6.22. The minimum atomic E-state index is -4.75. The summed E-state index contributed by atoms with van der Waals surface area (Å²) in [6.07, 6.45) is -5.34. The first kappa shape index (κ1) is 16.1. The Balaban J connectivity index is 2.82. The van der Waals surface area contributed by atoms with Crippen LogP contribution in [0.5, 0.6) is 0 Å². The second kappa shape index (κ2) is 5.19. The first-order chi connectivity index (χ1) is 8.45. The van der Waals surface area contributed by atoms with Gasteiger partial charge in [0.15, 0.2) is 5.60 Å². The smallest absolute Gasteiger partial charge is 0.418 e. The molecule has 4 nitrogen and oxygen atoms in total. The third kappa shape index (κ3) is 4.26. The van der Waals surface area contributed by atoms with Gasteiger partial charge in [-0.05, 0) is 40.0 Å². The summed E-state index contributed by atoms with van der Waals surface area (Å²) < 4.78 is 43.6. The zero-order valence-corrected chi connectivity index (χ0v) is 11.4. The largest absolute Gasteiger partial charge is 0.444 e. The quantitative estimate of drug-likeness (QED) is 0.743. The normalized spacial score (nSPS) is 25.9. The van der Waals surface area contributed by atoms with Crippen LogP contribution in [-0.4, -0.2) is 46.6 Å². The number of likely N-dealkylation sites (tertiary alicyclic amines) is 1. The summed E-state index contributed by atoms with van der Waals surface area (Å²) in [6.45, 7) is 4.30. The Labute approximate surface area is 110 Å². The maximum absolute atomic E-state index is 12.9. The fourth-order valence-electron chi connectivity index (χ4n) is 1.91. The van der Waals surface area contributed by atoms with Gasteiger partial charge in [0.25, 0.3) is 0 Å². The van der Waals surface area contributed by atoms with Gasteiger partial charge >= 0.3 is 12.3 Å². The van der Waals surface area contributed by atoms with E-state index in [1.807, 2.05) is 0 Å². The molecule has 1 aliphatic rings. The highest BCUT2D eigenvalue weighted by molar-refractivity contribution is 5.68. The predicted octanol–water partition coefficient (Wildman–Crippen LogP) is 2.70. The molecule has 1 fully saturated rings. The van der Waals surface area contributed by atoms with Gasteiger partial charge in [-0.3, -0.25) is 0 Å². The van der Waals surface area contributed by atoms with Gasteiger partial charge in [-0.25, -0.2) is 4.79 Å². The van der Waals surface area contributed by atoms with E-state index in [1.165, 1.54) is 0 Å². The monoisotopic (exact) mass is 283 g/mol. The third-order valence-corrected chi connectivity index (χ3v) is 2.90. The molecule has 1 aliphatic heterocycles. The molecular weight excluding hydrogens is 263 g/mol. The van der Waals surface area contributed by atoms with Crippen LogP contribution in [0.2, 0.25) is 0 Å². The molecule has 1 saturated heterocycles. The van der Waals surface area contributed by atoms with E-state index in [-0.39, 0.29) is 13.0 Å². The number of carbonyl (C=O) groups excluding carboxylic acids is 1. The average molecular weight is 283 g/mol. The Hall–Kier alpha value is -0.980. The Morgan fingerprint density at radius 2 is 1.84 bits per heavy atom. The van der Waals surface area contributed by atoms with E-state index in [0.29, 0.717) is 6.42 Å². The molecule has 1 atom stereocenters. The van der Waals surface area contributed by atoms with Gasteiger partial charge in [0, 0.05) is 6.54 Å². The van der Waals surface area contributed by atoms with Gasteiger partial charge in [0.05, 0.1) is 6.54 Å². The molecule has 1 N–H and O–H groups in total. The summed E-state index contributed by atoms with van der Waals surface area (Å²) in [5.41, 5.74) is -3.62. The summed E-state index contributed by atoms with van der Waals surface area (Å²) >= 11 is 0. The van der Waals surface area contributed by atoms with Crippen molar-refractivity contribution in [2.45, 2.75) is 57.4 Å². The van der Waals surface area contributed by atoms with Gasteiger partial charge in [0.1, 0.15) is 5.60 Å². The lowest BCUT2D eigenvalue weighted by atomic mass is 9.97. The van der Waals surface area contributed by atoms with E-state index < -0.39 is 36.4 Å². The molecule has 0 saturated carbocycles. The van der Waals surface area contributed by atoms with Crippen molar-refractivity contribution in [1.29, 1.82) is 0 Å². The lowest BCUT2D eigenvalue weighted by Crippen LogP contribution is -2.54. The number of amides is 1. The van der Waals surface area contributed by atoms with Crippen molar-refractivity contribution in [2.75, 3.05) is 13.1 Å². The lowest BCUT2D eigenvalue weighted by molar-refractivity contribution is -0.264. The molecule has 19 heavy (non-hydrogen) atoms. The Morgan fingerprint density at radius 3 is 2.32 bits per heavy atom. The number of alkyl halides is 3. The molecule has 112 valence electrons. The molecular formula is C12H20F3NO3. The number of rotatable bonds is 0. The van der Waals surface area contributed by atoms with E-state index in [2.05, 4.69) is 0 Å². The fourth-order valence-corrected chi connectivity index (χ4v) is 1.91. The molecule has 7 heteroatoms. The number of halogens is 3. The highest BCUT2D eigenvalue weighted by Crippen LogP contribution is 2.37. The molecule has 0 unspecified atom stereocenters. The van der Waals surface area contributed by atoms with E-state index >= 15 is 0 Å². The predicted molar refractivity (Wildman–Crippen MR) is 62.7 cm³/mol. The van der Waals surface area contributed by atoms with E-state index in [1.54, 1.807) is 20.8 Å². The fraction of sp³-hybridized carbons (Fsp3) is 0.917. The minimum Gasteiger partial charge on any atom is -0.444 e. The summed E-state index contributed by atoms with van der Waals surface area (Å²) in [5.74, 6) is 0. The van der Waals surface area contributed by atoms with Crippen molar-refractivity contribution in [1.82, 2.24) is 4.90 Å². The number of nitrogens with zero attached hydrogens (tertiary/aromatic N) is 1. The Bertz CT molecular complexity index is 338. The summed E-state index contributed by atoms with van der Waals surface area (Å²) in [7, 11) is 0. The van der Waals surface area contributed by atoms with Crippen LogP contribution in [0.15, 0.2) is 0 Å². The van der Waals surface area contributed by atoms with Crippen molar-refractivity contribution < 1.29 is 27.8 Å². The topological polar surface area (TPSA) is 49.8 Å². The standard InChI is InChI=1S/C12H20F3NO3/c1-10(2,3)19-9(17)16-7-5-4-6-11(18,8-16)12(13,14)15/h18H,4-8H2,1-3H3/t11-/m1/s1. The zero-order valence-electron chi connectivity index (χ0n) is 11.4.